The molecule has 3 rings (SSSR count). The first-order valence-electron chi connectivity index (χ1n) is 7.05. The molecule has 1 atom stereocenters. The highest BCUT2D eigenvalue weighted by Gasteiger charge is 2.21. The first-order chi connectivity index (χ1) is 10.4. The van der Waals surface area contributed by atoms with Gasteiger partial charge in [-0.05, 0) is 11.6 Å². The van der Waals surface area contributed by atoms with E-state index in [-0.39, 0.29) is 6.10 Å². The number of oxime groups is 1. The summed E-state index contributed by atoms with van der Waals surface area (Å²) in [5.41, 5.74) is 8.66. The van der Waals surface area contributed by atoms with E-state index in [1.807, 2.05) is 36.4 Å². The molecule has 1 aliphatic heterocycles. The third-order valence-corrected chi connectivity index (χ3v) is 3.43. The second kappa shape index (κ2) is 6.41. The van der Waals surface area contributed by atoms with E-state index in [0.717, 1.165) is 29.0 Å². The molecule has 0 fully saturated rings. The molecule has 4 heteroatoms. The highest BCUT2D eigenvalue weighted by Crippen LogP contribution is 2.29. The van der Waals surface area contributed by atoms with E-state index in [1.165, 1.54) is 0 Å². The smallest absolute Gasteiger partial charge is 0.166 e. The van der Waals surface area contributed by atoms with Crippen molar-refractivity contribution in [1.29, 1.82) is 0 Å². The molecule has 2 N–H and O–H groups in total. The zero-order valence-corrected chi connectivity index (χ0v) is 11.7. The molecule has 4 nitrogen and oxygen atoms in total. The minimum atomic E-state index is -0.0487. The zero-order valence-electron chi connectivity index (χ0n) is 11.7. The molecular weight excluding hydrogens is 264 g/mol. The Balaban J connectivity index is 1.69. The van der Waals surface area contributed by atoms with Crippen molar-refractivity contribution in [3.05, 3.63) is 54.6 Å². The number of ether oxygens (including phenoxy) is 1. The summed E-state index contributed by atoms with van der Waals surface area (Å²) in [6, 6.07) is 18.2. The minimum Gasteiger partial charge on any atom is -0.489 e. The van der Waals surface area contributed by atoms with Gasteiger partial charge in [0, 0.05) is 18.5 Å². The van der Waals surface area contributed by atoms with Gasteiger partial charge in [0.05, 0.1) is 5.71 Å². The van der Waals surface area contributed by atoms with Gasteiger partial charge in [0.25, 0.3) is 0 Å². The average Bonchev–Trinajstić information content (AvgIpc) is 3.02. The summed E-state index contributed by atoms with van der Waals surface area (Å²) in [6.45, 7) is 0.911. The molecule has 108 valence electrons. The lowest BCUT2D eigenvalue weighted by Gasteiger charge is -2.14. The fourth-order valence-corrected chi connectivity index (χ4v) is 2.33. The predicted molar refractivity (Wildman–Crippen MR) is 83.4 cm³/mol. The zero-order chi connectivity index (χ0) is 14.5. The van der Waals surface area contributed by atoms with Crippen molar-refractivity contribution in [2.45, 2.75) is 12.5 Å². The molecule has 2 aromatic rings. The van der Waals surface area contributed by atoms with Crippen LogP contribution >= 0.6 is 0 Å². The molecule has 2 aromatic carbocycles. The highest BCUT2D eigenvalue weighted by molar-refractivity contribution is 5.87. The first kappa shape index (κ1) is 13.6. The number of para-hydroxylation sites is 1. The second-order valence-corrected chi connectivity index (χ2v) is 4.97. The molecular formula is C17H18N2O2. The van der Waals surface area contributed by atoms with E-state index >= 15 is 0 Å². The number of hydrogen-bond donors (Lipinski definition) is 1. The van der Waals surface area contributed by atoms with Crippen molar-refractivity contribution in [3.63, 3.8) is 0 Å². The van der Waals surface area contributed by atoms with Gasteiger partial charge in [0.2, 0.25) is 0 Å². The molecule has 0 saturated heterocycles. The van der Waals surface area contributed by atoms with Crippen molar-refractivity contribution in [1.82, 2.24) is 0 Å². The lowest BCUT2D eigenvalue weighted by atomic mass is 10.0. The summed E-state index contributed by atoms with van der Waals surface area (Å²) < 4.78 is 5.93. The van der Waals surface area contributed by atoms with E-state index < -0.39 is 0 Å². The van der Waals surface area contributed by atoms with Crippen LogP contribution in [-0.4, -0.2) is 25.0 Å². The van der Waals surface area contributed by atoms with Gasteiger partial charge in [-0.2, -0.15) is 0 Å². The Morgan fingerprint density at radius 3 is 2.62 bits per heavy atom. The van der Waals surface area contributed by atoms with Crippen molar-refractivity contribution < 1.29 is 9.57 Å². The first-order valence-corrected chi connectivity index (χ1v) is 7.05. The van der Waals surface area contributed by atoms with Crippen molar-refractivity contribution in [3.8, 4) is 16.9 Å². The SMILES string of the molecule is NCC1=NOC(COc2ccccc2-c2ccccc2)C1. The summed E-state index contributed by atoms with van der Waals surface area (Å²) in [4.78, 5) is 5.31. The summed E-state index contributed by atoms with van der Waals surface area (Å²) in [5.74, 6) is 0.855. The maximum Gasteiger partial charge on any atom is 0.166 e. The van der Waals surface area contributed by atoms with Crippen LogP contribution < -0.4 is 10.5 Å². The van der Waals surface area contributed by atoms with Gasteiger partial charge >= 0.3 is 0 Å². The monoisotopic (exact) mass is 282 g/mol. The topological polar surface area (TPSA) is 56.8 Å². The Morgan fingerprint density at radius 2 is 1.86 bits per heavy atom. The van der Waals surface area contributed by atoms with Crippen LogP contribution in [0.3, 0.4) is 0 Å². The van der Waals surface area contributed by atoms with Crippen LogP contribution in [0.1, 0.15) is 6.42 Å². The number of benzene rings is 2. The van der Waals surface area contributed by atoms with Gasteiger partial charge in [-0.1, -0.05) is 53.7 Å². The number of nitrogens with zero attached hydrogens (tertiary/aromatic N) is 1. The Kier molecular flexibility index (Phi) is 4.17. The van der Waals surface area contributed by atoms with Crippen molar-refractivity contribution in [2.24, 2.45) is 10.9 Å². The van der Waals surface area contributed by atoms with Gasteiger partial charge in [-0.3, -0.25) is 0 Å². The molecule has 0 aliphatic carbocycles. The van der Waals surface area contributed by atoms with Gasteiger partial charge in [0.15, 0.2) is 6.10 Å². The molecule has 0 aromatic heterocycles. The van der Waals surface area contributed by atoms with Gasteiger partial charge in [-0.25, -0.2) is 0 Å². The Bertz CT molecular complexity index is 626. The molecule has 21 heavy (non-hydrogen) atoms. The maximum absolute atomic E-state index is 5.93. The quantitative estimate of drug-likeness (QED) is 0.917. The summed E-state index contributed by atoms with van der Waals surface area (Å²) >= 11 is 0. The van der Waals surface area contributed by atoms with Gasteiger partial charge in [-0.15, -0.1) is 0 Å². The van der Waals surface area contributed by atoms with E-state index in [0.29, 0.717) is 13.2 Å². The number of rotatable bonds is 5. The number of nitrogens with two attached hydrogens (primary N) is 1. The van der Waals surface area contributed by atoms with Crippen LogP contribution in [0.15, 0.2) is 59.8 Å². The predicted octanol–water partition coefficient (Wildman–Crippen LogP) is 2.84. The maximum atomic E-state index is 5.93. The van der Waals surface area contributed by atoms with E-state index in [4.69, 9.17) is 15.3 Å². The summed E-state index contributed by atoms with van der Waals surface area (Å²) in [6.07, 6.45) is 0.691. The molecule has 0 saturated carbocycles. The van der Waals surface area contributed by atoms with Crippen LogP contribution in [0.25, 0.3) is 11.1 Å². The minimum absolute atomic E-state index is 0.0487. The largest absolute Gasteiger partial charge is 0.489 e. The summed E-state index contributed by atoms with van der Waals surface area (Å²) in [7, 11) is 0. The Hall–Kier alpha value is -2.33. The molecule has 0 radical (unpaired) electrons. The van der Waals surface area contributed by atoms with E-state index in [1.54, 1.807) is 0 Å². The van der Waals surface area contributed by atoms with E-state index in [9.17, 15) is 0 Å². The van der Waals surface area contributed by atoms with Crippen molar-refractivity contribution in [2.75, 3.05) is 13.2 Å². The molecule has 0 bridgehead atoms. The standard InChI is InChI=1S/C17H18N2O2/c18-11-14-10-15(21-19-14)12-20-17-9-5-4-8-16(17)13-6-2-1-3-7-13/h1-9,15H,10-12,18H2. The summed E-state index contributed by atoms with van der Waals surface area (Å²) in [5, 5.41) is 3.94. The Labute approximate surface area is 124 Å². The van der Waals surface area contributed by atoms with E-state index in [2.05, 4.69) is 23.4 Å². The second-order valence-electron chi connectivity index (χ2n) is 4.97. The lowest BCUT2D eigenvalue weighted by molar-refractivity contribution is 0.0472. The Morgan fingerprint density at radius 1 is 1.10 bits per heavy atom. The normalized spacial score (nSPS) is 17.2. The van der Waals surface area contributed by atoms with Gasteiger partial charge < -0.3 is 15.3 Å². The molecule has 0 spiro atoms. The fraction of sp³-hybridized carbons (Fsp3) is 0.235. The molecule has 0 amide bonds. The van der Waals surface area contributed by atoms with Crippen LogP contribution in [0, 0.1) is 0 Å². The van der Waals surface area contributed by atoms with Crippen LogP contribution in [0.5, 0.6) is 5.75 Å². The highest BCUT2D eigenvalue weighted by atomic mass is 16.7. The average molecular weight is 282 g/mol. The van der Waals surface area contributed by atoms with Crippen LogP contribution in [0.2, 0.25) is 0 Å². The third-order valence-electron chi connectivity index (χ3n) is 3.43. The van der Waals surface area contributed by atoms with Crippen LogP contribution in [-0.2, 0) is 4.84 Å². The van der Waals surface area contributed by atoms with Crippen molar-refractivity contribution >= 4 is 5.71 Å². The molecule has 1 unspecified atom stereocenters. The fourth-order valence-electron chi connectivity index (χ4n) is 2.33. The third kappa shape index (κ3) is 3.23. The molecule has 1 heterocycles. The van der Waals surface area contributed by atoms with Gasteiger partial charge in [0.1, 0.15) is 12.4 Å². The number of hydrogen-bond acceptors (Lipinski definition) is 4. The van der Waals surface area contributed by atoms with Crippen LogP contribution in [0.4, 0.5) is 0 Å². The molecule has 1 aliphatic rings. The lowest BCUT2D eigenvalue weighted by Crippen LogP contribution is -2.20.